The summed E-state index contributed by atoms with van der Waals surface area (Å²) in [5.74, 6) is -1.43. The van der Waals surface area contributed by atoms with Gasteiger partial charge < -0.3 is 9.84 Å². The first kappa shape index (κ1) is 15.9. The maximum atomic E-state index is 11.4. The van der Waals surface area contributed by atoms with Gasteiger partial charge in [0.25, 0.3) is 0 Å². The minimum atomic E-state index is -1.24. The molecule has 1 N–H and O–H groups in total. The van der Waals surface area contributed by atoms with Crippen LogP contribution in [0.4, 0.5) is 5.69 Å². The largest absolute Gasteiger partial charge is 0.483 e. The molecule has 0 atom stereocenters. The zero-order valence-electron chi connectivity index (χ0n) is 12.3. The number of nitro benzene ring substituents is 1. The number of nitrogens with zero attached hydrogens (tertiary/aromatic N) is 1. The van der Waals surface area contributed by atoms with Crippen molar-refractivity contribution in [3.05, 3.63) is 33.4 Å². The summed E-state index contributed by atoms with van der Waals surface area (Å²) in [6.45, 7) is 8.96. The molecule has 0 heterocycles. The zero-order valence-corrected chi connectivity index (χ0v) is 12.3. The normalized spacial score (nSPS) is 11.5. The molecule has 6 heteroatoms. The summed E-state index contributed by atoms with van der Waals surface area (Å²) in [7, 11) is 0. The lowest BCUT2D eigenvalue weighted by Gasteiger charge is -2.21. The van der Waals surface area contributed by atoms with E-state index in [4.69, 9.17) is 4.74 Å². The standard InChI is InChI=1S/C14H19NO5/c1-8(2)20-12-10(13(16)17)6-9(14(3,4)5)7-11(12)15(18)19/h6-8H,1-5H3,(H,16,17). The van der Waals surface area contributed by atoms with E-state index in [0.29, 0.717) is 5.56 Å². The molecule has 0 aliphatic rings. The summed E-state index contributed by atoms with van der Waals surface area (Å²) < 4.78 is 5.34. The third-order valence-corrected chi connectivity index (χ3v) is 2.72. The Kier molecular flexibility index (Phi) is 4.37. The summed E-state index contributed by atoms with van der Waals surface area (Å²) in [6, 6.07) is 2.82. The molecule has 110 valence electrons. The van der Waals surface area contributed by atoms with Gasteiger partial charge in [0.1, 0.15) is 5.56 Å². The lowest BCUT2D eigenvalue weighted by molar-refractivity contribution is -0.386. The van der Waals surface area contributed by atoms with E-state index in [1.165, 1.54) is 12.1 Å². The molecule has 0 bridgehead atoms. The van der Waals surface area contributed by atoms with Gasteiger partial charge >= 0.3 is 11.7 Å². The quantitative estimate of drug-likeness (QED) is 0.675. The third-order valence-electron chi connectivity index (χ3n) is 2.72. The minimum Gasteiger partial charge on any atom is -0.483 e. The van der Waals surface area contributed by atoms with E-state index in [-0.39, 0.29) is 23.1 Å². The van der Waals surface area contributed by atoms with Crippen molar-refractivity contribution in [2.45, 2.75) is 46.1 Å². The summed E-state index contributed by atoms with van der Waals surface area (Å²) in [5.41, 5.74) is -0.315. The van der Waals surface area contributed by atoms with Crippen molar-refractivity contribution < 1.29 is 19.6 Å². The molecule has 0 aromatic heterocycles. The van der Waals surface area contributed by atoms with Crippen LogP contribution in [-0.2, 0) is 5.41 Å². The van der Waals surface area contributed by atoms with Crippen molar-refractivity contribution in [2.24, 2.45) is 0 Å². The fourth-order valence-corrected chi connectivity index (χ4v) is 1.70. The number of nitro groups is 1. The van der Waals surface area contributed by atoms with Gasteiger partial charge in [-0.1, -0.05) is 20.8 Å². The van der Waals surface area contributed by atoms with E-state index in [9.17, 15) is 20.0 Å². The van der Waals surface area contributed by atoms with Crippen LogP contribution >= 0.6 is 0 Å². The van der Waals surface area contributed by atoms with Crippen LogP contribution in [0, 0.1) is 10.1 Å². The number of benzene rings is 1. The van der Waals surface area contributed by atoms with Gasteiger partial charge in [0.05, 0.1) is 11.0 Å². The number of ether oxygens (including phenoxy) is 1. The Balaban J connectivity index is 3.63. The molecule has 0 unspecified atom stereocenters. The maximum Gasteiger partial charge on any atom is 0.339 e. The van der Waals surface area contributed by atoms with Crippen LogP contribution in [0.15, 0.2) is 12.1 Å². The van der Waals surface area contributed by atoms with Crippen LogP contribution in [0.25, 0.3) is 0 Å². The van der Waals surface area contributed by atoms with E-state index < -0.39 is 16.3 Å². The molecule has 0 aliphatic heterocycles. The molecule has 1 aromatic rings. The Morgan fingerprint density at radius 1 is 1.35 bits per heavy atom. The molecule has 1 rings (SSSR count). The van der Waals surface area contributed by atoms with Gasteiger partial charge in [0.15, 0.2) is 0 Å². The topological polar surface area (TPSA) is 89.7 Å². The van der Waals surface area contributed by atoms with E-state index in [1.807, 2.05) is 20.8 Å². The first-order valence-corrected chi connectivity index (χ1v) is 6.27. The second-order valence-corrected chi connectivity index (χ2v) is 5.85. The van der Waals surface area contributed by atoms with Crippen molar-refractivity contribution in [3.8, 4) is 5.75 Å². The van der Waals surface area contributed by atoms with Gasteiger partial charge in [-0.15, -0.1) is 0 Å². The molecule has 0 amide bonds. The first-order valence-electron chi connectivity index (χ1n) is 6.27. The molecular weight excluding hydrogens is 262 g/mol. The van der Waals surface area contributed by atoms with Crippen LogP contribution in [0.2, 0.25) is 0 Å². The molecule has 0 saturated heterocycles. The molecule has 1 aromatic carbocycles. The predicted molar refractivity (Wildman–Crippen MR) is 74.5 cm³/mol. The molecule has 0 spiro atoms. The van der Waals surface area contributed by atoms with Gasteiger partial charge in [-0.2, -0.15) is 0 Å². The fraction of sp³-hybridized carbons (Fsp3) is 0.500. The van der Waals surface area contributed by atoms with Crippen molar-refractivity contribution in [3.63, 3.8) is 0 Å². The Hall–Kier alpha value is -2.11. The monoisotopic (exact) mass is 281 g/mol. The van der Waals surface area contributed by atoms with Crippen molar-refractivity contribution in [1.82, 2.24) is 0 Å². The molecular formula is C14H19NO5. The summed E-state index contributed by atoms with van der Waals surface area (Å²) >= 11 is 0. The highest BCUT2D eigenvalue weighted by Gasteiger charge is 2.28. The predicted octanol–water partition coefficient (Wildman–Crippen LogP) is 3.38. The molecule has 0 saturated carbocycles. The van der Waals surface area contributed by atoms with Gasteiger partial charge in [0, 0.05) is 6.07 Å². The second-order valence-electron chi connectivity index (χ2n) is 5.85. The molecule has 0 fully saturated rings. The van der Waals surface area contributed by atoms with E-state index in [1.54, 1.807) is 13.8 Å². The average molecular weight is 281 g/mol. The minimum absolute atomic E-state index is 0.183. The van der Waals surface area contributed by atoms with Crippen LogP contribution in [0.3, 0.4) is 0 Å². The number of aromatic carboxylic acids is 1. The van der Waals surface area contributed by atoms with Gasteiger partial charge in [0.2, 0.25) is 5.75 Å². The Labute approximate surface area is 117 Å². The van der Waals surface area contributed by atoms with Crippen molar-refractivity contribution in [1.29, 1.82) is 0 Å². The Bertz CT molecular complexity index is 508. The number of hydrogen-bond donors (Lipinski definition) is 1. The van der Waals surface area contributed by atoms with Crippen LogP contribution in [-0.4, -0.2) is 22.1 Å². The highest BCUT2D eigenvalue weighted by molar-refractivity contribution is 5.93. The van der Waals surface area contributed by atoms with E-state index in [2.05, 4.69) is 0 Å². The summed E-state index contributed by atoms with van der Waals surface area (Å²) in [6.07, 6.45) is -0.354. The summed E-state index contributed by atoms with van der Waals surface area (Å²) in [4.78, 5) is 21.9. The van der Waals surface area contributed by atoms with Crippen LogP contribution < -0.4 is 4.74 Å². The van der Waals surface area contributed by atoms with Gasteiger partial charge in [-0.05, 0) is 30.9 Å². The van der Waals surface area contributed by atoms with Crippen molar-refractivity contribution >= 4 is 11.7 Å². The third kappa shape index (κ3) is 3.46. The number of carbonyl (C=O) groups is 1. The highest BCUT2D eigenvalue weighted by atomic mass is 16.6. The van der Waals surface area contributed by atoms with Crippen LogP contribution in [0.1, 0.15) is 50.5 Å². The lowest BCUT2D eigenvalue weighted by atomic mass is 9.85. The number of hydrogen-bond acceptors (Lipinski definition) is 4. The van der Waals surface area contributed by atoms with Gasteiger partial charge in [-0.3, -0.25) is 10.1 Å². The zero-order chi connectivity index (χ0) is 15.7. The molecule has 0 aliphatic carbocycles. The number of carboxylic acids is 1. The van der Waals surface area contributed by atoms with E-state index >= 15 is 0 Å². The Morgan fingerprint density at radius 3 is 2.25 bits per heavy atom. The van der Waals surface area contributed by atoms with Crippen LogP contribution in [0.5, 0.6) is 5.75 Å². The van der Waals surface area contributed by atoms with Crippen molar-refractivity contribution in [2.75, 3.05) is 0 Å². The lowest BCUT2D eigenvalue weighted by Crippen LogP contribution is -2.16. The Morgan fingerprint density at radius 2 is 1.90 bits per heavy atom. The van der Waals surface area contributed by atoms with E-state index in [0.717, 1.165) is 0 Å². The first-order chi connectivity index (χ1) is 9.04. The number of carboxylic acid groups (broad SMARTS) is 1. The van der Waals surface area contributed by atoms with Gasteiger partial charge in [-0.25, -0.2) is 4.79 Å². The highest BCUT2D eigenvalue weighted by Crippen LogP contribution is 2.37. The smallest absolute Gasteiger partial charge is 0.339 e. The molecule has 20 heavy (non-hydrogen) atoms. The SMILES string of the molecule is CC(C)Oc1c(C(=O)O)cc(C(C)(C)C)cc1[N+](=O)[O-]. The number of rotatable bonds is 4. The maximum absolute atomic E-state index is 11.4. The fourth-order valence-electron chi connectivity index (χ4n) is 1.70. The molecule has 0 radical (unpaired) electrons. The second kappa shape index (κ2) is 5.48. The average Bonchev–Trinajstić information content (AvgIpc) is 2.25. The molecule has 6 nitrogen and oxygen atoms in total. The summed E-state index contributed by atoms with van der Waals surface area (Å²) in [5, 5.41) is 20.5.